The molecule has 5 saturated heterocycles. The quantitative estimate of drug-likeness (QED) is 0.339. The first-order chi connectivity index (χ1) is 28.4. The number of amides is 7. The molecule has 0 radical (unpaired) electrons. The Morgan fingerprint density at radius 2 is 0.949 bits per heavy atom. The van der Waals surface area contributed by atoms with E-state index in [0.29, 0.717) is 83.0 Å². The summed E-state index contributed by atoms with van der Waals surface area (Å²) in [5.74, 6) is -3.42. The summed E-state index contributed by atoms with van der Waals surface area (Å²) in [6, 6.07) is 8.94. The lowest BCUT2D eigenvalue weighted by Gasteiger charge is -2.35. The van der Waals surface area contributed by atoms with Gasteiger partial charge in [-0.3, -0.25) is 33.6 Å². The SMILES string of the molecule is CC[C@H](C)[C@@H]1NC(=O)[C@@H]2CCCN2C(=O)[C@@H]2CCCN2C(=O)[C@@H]2CCCN2C(=O)C(Cc2ccccc2)NC(=O)[C@@H]2CCCN2C(=O)[C@H](Cc2ccc(O)cc2)NC1=O. The number of rotatable bonds is 6. The number of carbonyl (C=O) groups excluding carboxylic acids is 7. The number of benzene rings is 2. The molecule has 316 valence electrons. The molecule has 5 heterocycles. The molecule has 8 atom stereocenters. The van der Waals surface area contributed by atoms with Crippen LogP contribution in [0.15, 0.2) is 54.6 Å². The highest BCUT2D eigenvalue weighted by atomic mass is 16.3. The van der Waals surface area contributed by atoms with Crippen molar-refractivity contribution in [2.24, 2.45) is 5.92 Å². The van der Waals surface area contributed by atoms with E-state index in [0.717, 1.165) is 5.56 Å². The van der Waals surface area contributed by atoms with Crippen LogP contribution in [0.2, 0.25) is 0 Å². The van der Waals surface area contributed by atoms with E-state index in [4.69, 9.17) is 0 Å². The summed E-state index contributed by atoms with van der Waals surface area (Å²) >= 11 is 0. The number of nitrogens with one attached hydrogen (secondary N) is 3. The third-order valence-corrected chi connectivity index (χ3v) is 13.0. The van der Waals surface area contributed by atoms with Gasteiger partial charge in [-0.05, 0) is 80.5 Å². The number of nitrogens with zero attached hydrogens (tertiary/aromatic N) is 4. The number of aromatic hydroxyl groups is 1. The van der Waals surface area contributed by atoms with E-state index in [1.54, 1.807) is 21.9 Å². The van der Waals surface area contributed by atoms with E-state index in [9.17, 15) is 38.7 Å². The largest absolute Gasteiger partial charge is 0.508 e. The first-order valence-electron chi connectivity index (χ1n) is 21.4. The highest BCUT2D eigenvalue weighted by Gasteiger charge is 2.48. The standard InChI is InChI=1S/C44H57N7O8/c1-3-27(2)37-40(55)46-32(26-29-17-19-30(52)20-18-29)41(56)48-21-7-13-33(48)38(53)45-31(25-28-11-5-4-6-12-28)42(57)50-23-9-15-35(50)44(59)51-24-10-16-36(51)43(58)49-22-8-14-34(49)39(54)47-37/h4-6,11-12,17-20,27,31-37,52H,3,7-10,13-16,21-26H2,1-2H3,(H,45,53)(H,46,55)(H,47,54)/t27-,31?,32-,33-,34-,35-,36-,37-/m0/s1. The van der Waals surface area contributed by atoms with Crippen molar-refractivity contribution in [3.63, 3.8) is 0 Å². The van der Waals surface area contributed by atoms with Crippen LogP contribution in [0.1, 0.15) is 82.8 Å². The Balaban J connectivity index is 1.27. The Hall–Kier alpha value is -5.47. The van der Waals surface area contributed by atoms with Gasteiger partial charge in [0.25, 0.3) is 0 Å². The number of hydrogen-bond donors (Lipinski definition) is 4. The van der Waals surface area contributed by atoms with E-state index in [1.807, 2.05) is 44.2 Å². The highest BCUT2D eigenvalue weighted by molar-refractivity contribution is 5.99. The lowest BCUT2D eigenvalue weighted by molar-refractivity contribution is -0.151. The van der Waals surface area contributed by atoms with E-state index >= 15 is 0 Å². The van der Waals surface area contributed by atoms with Gasteiger partial charge in [-0.25, -0.2) is 0 Å². The second-order valence-electron chi connectivity index (χ2n) is 16.8. The fourth-order valence-corrected chi connectivity index (χ4v) is 9.56. The normalized spacial score (nSPS) is 29.3. The Morgan fingerprint density at radius 1 is 0.542 bits per heavy atom. The van der Waals surface area contributed by atoms with E-state index in [1.165, 1.54) is 21.9 Å². The summed E-state index contributed by atoms with van der Waals surface area (Å²) in [6.45, 7) is 4.95. The zero-order chi connectivity index (χ0) is 41.8. The van der Waals surface area contributed by atoms with Crippen LogP contribution in [0.5, 0.6) is 5.75 Å². The summed E-state index contributed by atoms with van der Waals surface area (Å²) < 4.78 is 0. The number of carbonyl (C=O) groups is 7. The number of hydrogen-bond acceptors (Lipinski definition) is 8. The van der Waals surface area contributed by atoms with Gasteiger partial charge in [0, 0.05) is 39.0 Å². The lowest BCUT2D eigenvalue weighted by atomic mass is 9.96. The molecule has 0 bridgehead atoms. The molecular weight excluding hydrogens is 755 g/mol. The monoisotopic (exact) mass is 811 g/mol. The molecule has 15 nitrogen and oxygen atoms in total. The minimum atomic E-state index is -1.14. The summed E-state index contributed by atoms with van der Waals surface area (Å²) in [5.41, 5.74) is 1.46. The van der Waals surface area contributed by atoms with Crippen molar-refractivity contribution in [1.82, 2.24) is 35.6 Å². The molecule has 5 aliphatic rings. The van der Waals surface area contributed by atoms with Crippen molar-refractivity contribution >= 4 is 41.4 Å². The third kappa shape index (κ3) is 8.93. The molecule has 7 amide bonds. The van der Waals surface area contributed by atoms with Crippen LogP contribution in [0, 0.1) is 5.92 Å². The van der Waals surface area contributed by atoms with Crippen LogP contribution >= 0.6 is 0 Å². The average molecular weight is 812 g/mol. The van der Waals surface area contributed by atoms with Crippen LogP contribution in [-0.2, 0) is 46.4 Å². The first kappa shape index (κ1) is 41.7. The predicted molar refractivity (Wildman–Crippen MR) is 216 cm³/mol. The molecule has 7 rings (SSSR count). The molecule has 4 N–H and O–H groups in total. The fourth-order valence-electron chi connectivity index (χ4n) is 9.56. The number of fused-ring (bicyclic) bond motifs is 4. The van der Waals surface area contributed by atoms with Crippen LogP contribution < -0.4 is 16.0 Å². The van der Waals surface area contributed by atoms with Gasteiger partial charge < -0.3 is 40.7 Å². The molecule has 0 spiro atoms. The predicted octanol–water partition coefficient (Wildman–Crippen LogP) is 1.66. The maximum Gasteiger partial charge on any atom is 0.246 e. The summed E-state index contributed by atoms with van der Waals surface area (Å²) in [6.07, 6.45) is 4.54. The van der Waals surface area contributed by atoms with E-state index < -0.39 is 71.8 Å². The topological polar surface area (TPSA) is 189 Å². The van der Waals surface area contributed by atoms with Crippen LogP contribution in [0.25, 0.3) is 0 Å². The van der Waals surface area contributed by atoms with Gasteiger partial charge in [0.1, 0.15) is 48.0 Å². The third-order valence-electron chi connectivity index (χ3n) is 13.0. The minimum absolute atomic E-state index is 0.0381. The maximum absolute atomic E-state index is 14.7. The number of phenolic OH excluding ortho intramolecular Hbond substituents is 1. The van der Waals surface area contributed by atoms with Crippen molar-refractivity contribution in [2.45, 2.75) is 127 Å². The van der Waals surface area contributed by atoms with Crippen molar-refractivity contribution < 1.29 is 38.7 Å². The number of phenols is 1. The molecule has 1 unspecified atom stereocenters. The smallest absolute Gasteiger partial charge is 0.246 e. The van der Waals surface area contributed by atoms with Crippen molar-refractivity contribution in [2.75, 3.05) is 26.2 Å². The molecule has 0 saturated carbocycles. The summed E-state index contributed by atoms with van der Waals surface area (Å²) in [4.78, 5) is 107. The van der Waals surface area contributed by atoms with Crippen molar-refractivity contribution in [3.05, 3.63) is 65.7 Å². The second-order valence-corrected chi connectivity index (χ2v) is 16.8. The maximum atomic E-state index is 14.7. The van der Waals surface area contributed by atoms with Crippen molar-refractivity contribution in [3.8, 4) is 5.75 Å². The van der Waals surface area contributed by atoms with Gasteiger partial charge in [-0.1, -0.05) is 62.7 Å². The highest BCUT2D eigenvalue weighted by Crippen LogP contribution is 2.30. The molecule has 2 aromatic rings. The molecule has 0 aromatic heterocycles. The summed E-state index contributed by atoms with van der Waals surface area (Å²) in [5, 5.41) is 18.8. The van der Waals surface area contributed by atoms with Crippen molar-refractivity contribution in [1.29, 1.82) is 0 Å². The Morgan fingerprint density at radius 3 is 1.46 bits per heavy atom. The minimum Gasteiger partial charge on any atom is -0.508 e. The molecule has 59 heavy (non-hydrogen) atoms. The molecular formula is C44H57N7O8. The zero-order valence-electron chi connectivity index (χ0n) is 34.0. The van der Waals surface area contributed by atoms with Gasteiger partial charge in [-0.2, -0.15) is 0 Å². The Bertz CT molecular complexity index is 1910. The van der Waals surface area contributed by atoms with Crippen LogP contribution in [-0.4, -0.2) is 135 Å². The van der Waals surface area contributed by atoms with Crippen LogP contribution in [0.4, 0.5) is 0 Å². The lowest BCUT2D eigenvalue weighted by Crippen LogP contribution is -2.60. The Kier molecular flexibility index (Phi) is 12.9. The van der Waals surface area contributed by atoms with Gasteiger partial charge in [0.2, 0.25) is 41.4 Å². The van der Waals surface area contributed by atoms with Crippen LogP contribution in [0.3, 0.4) is 0 Å². The zero-order valence-corrected chi connectivity index (χ0v) is 34.0. The van der Waals surface area contributed by atoms with E-state index in [2.05, 4.69) is 16.0 Å². The average Bonchev–Trinajstić information content (AvgIpc) is 4.09. The summed E-state index contributed by atoms with van der Waals surface area (Å²) in [7, 11) is 0. The van der Waals surface area contributed by atoms with Gasteiger partial charge in [0.15, 0.2) is 0 Å². The second kappa shape index (κ2) is 18.2. The molecule has 5 fully saturated rings. The first-order valence-corrected chi connectivity index (χ1v) is 21.4. The molecule has 5 aliphatic heterocycles. The molecule has 15 heteroatoms. The van der Waals surface area contributed by atoms with Gasteiger partial charge in [-0.15, -0.1) is 0 Å². The molecule has 0 aliphatic carbocycles. The fraction of sp³-hybridized carbons (Fsp3) is 0.568. The molecule has 2 aromatic carbocycles. The van der Waals surface area contributed by atoms with Gasteiger partial charge >= 0.3 is 0 Å². The van der Waals surface area contributed by atoms with Gasteiger partial charge in [0.05, 0.1) is 0 Å². The Labute approximate surface area is 345 Å². The van der Waals surface area contributed by atoms with E-state index in [-0.39, 0.29) is 42.9 Å².